The first-order valence-corrected chi connectivity index (χ1v) is 7.96. The normalized spacial score (nSPS) is 14.2. The van der Waals surface area contributed by atoms with Gasteiger partial charge in [0.2, 0.25) is 5.91 Å². The van der Waals surface area contributed by atoms with Crippen molar-refractivity contribution in [2.24, 2.45) is 0 Å². The van der Waals surface area contributed by atoms with Crippen molar-refractivity contribution in [1.82, 2.24) is 0 Å². The van der Waals surface area contributed by atoms with Gasteiger partial charge in [-0.3, -0.25) is 9.59 Å². The second-order valence-electron chi connectivity index (χ2n) is 5.31. The van der Waals surface area contributed by atoms with Gasteiger partial charge in [0, 0.05) is 39.9 Å². The molecule has 1 fully saturated rings. The maximum absolute atomic E-state index is 12.4. The van der Waals surface area contributed by atoms with Gasteiger partial charge in [-0.25, -0.2) is 0 Å². The summed E-state index contributed by atoms with van der Waals surface area (Å²) in [6, 6.07) is 11.9. The van der Waals surface area contributed by atoms with E-state index in [1.165, 1.54) is 0 Å². The molecule has 1 heterocycles. The monoisotopic (exact) mass is 348 g/mol. The molecule has 2 aromatic rings. The van der Waals surface area contributed by atoms with Gasteiger partial charge >= 0.3 is 0 Å². The number of benzene rings is 2. The molecule has 4 nitrogen and oxygen atoms in total. The van der Waals surface area contributed by atoms with Crippen LogP contribution in [-0.2, 0) is 4.79 Å². The smallest absolute Gasteiger partial charge is 0.255 e. The van der Waals surface area contributed by atoms with E-state index in [0.29, 0.717) is 34.3 Å². The van der Waals surface area contributed by atoms with Crippen LogP contribution in [0.1, 0.15) is 23.2 Å². The van der Waals surface area contributed by atoms with Crippen LogP contribution in [0.5, 0.6) is 0 Å². The number of hydrogen-bond acceptors (Lipinski definition) is 2. The Morgan fingerprint density at radius 3 is 2.48 bits per heavy atom. The summed E-state index contributed by atoms with van der Waals surface area (Å²) in [6.07, 6.45) is 1.40. The molecule has 1 N–H and O–H groups in total. The molecule has 0 radical (unpaired) electrons. The highest BCUT2D eigenvalue weighted by atomic mass is 35.5. The van der Waals surface area contributed by atoms with Crippen molar-refractivity contribution in [2.45, 2.75) is 12.8 Å². The Balaban J connectivity index is 1.81. The van der Waals surface area contributed by atoms with Gasteiger partial charge < -0.3 is 10.2 Å². The molecule has 0 spiro atoms. The first-order chi connectivity index (χ1) is 11.0. The molecule has 2 aromatic carbocycles. The molecule has 23 heavy (non-hydrogen) atoms. The zero-order valence-corrected chi connectivity index (χ0v) is 13.7. The lowest BCUT2D eigenvalue weighted by Gasteiger charge is -2.16. The minimum atomic E-state index is -0.281. The molecule has 0 saturated carbocycles. The molecular weight excluding hydrogens is 335 g/mol. The summed E-state index contributed by atoms with van der Waals surface area (Å²) in [5.41, 5.74) is 1.73. The van der Waals surface area contributed by atoms with Crippen LogP contribution in [0.15, 0.2) is 42.5 Å². The molecule has 0 atom stereocenters. The van der Waals surface area contributed by atoms with Crippen molar-refractivity contribution in [3.05, 3.63) is 58.1 Å². The van der Waals surface area contributed by atoms with E-state index < -0.39 is 0 Å². The third-order valence-electron chi connectivity index (χ3n) is 3.61. The summed E-state index contributed by atoms with van der Waals surface area (Å²) >= 11 is 11.9. The Morgan fingerprint density at radius 1 is 1.09 bits per heavy atom. The lowest BCUT2D eigenvalue weighted by molar-refractivity contribution is -0.117. The summed E-state index contributed by atoms with van der Waals surface area (Å²) < 4.78 is 0. The van der Waals surface area contributed by atoms with Gasteiger partial charge in [0.05, 0.1) is 0 Å². The van der Waals surface area contributed by atoms with Crippen LogP contribution < -0.4 is 10.2 Å². The minimum absolute atomic E-state index is 0.0872. The van der Waals surface area contributed by atoms with Crippen LogP contribution in [0.3, 0.4) is 0 Å². The SMILES string of the molecule is O=C(Nc1cc(Cl)cc(Cl)c1)c1cccc(N2CCCC2=O)c1. The summed E-state index contributed by atoms with van der Waals surface area (Å²) in [4.78, 5) is 25.9. The average molecular weight is 349 g/mol. The molecule has 1 aliphatic heterocycles. The second-order valence-corrected chi connectivity index (χ2v) is 6.18. The van der Waals surface area contributed by atoms with Crippen LogP contribution in [-0.4, -0.2) is 18.4 Å². The van der Waals surface area contributed by atoms with Gasteiger partial charge in [-0.1, -0.05) is 29.3 Å². The number of rotatable bonds is 3. The third kappa shape index (κ3) is 3.66. The van der Waals surface area contributed by atoms with E-state index in [1.54, 1.807) is 41.3 Å². The van der Waals surface area contributed by atoms with E-state index in [9.17, 15) is 9.59 Å². The van der Waals surface area contributed by atoms with Crippen molar-refractivity contribution in [3.63, 3.8) is 0 Å². The lowest BCUT2D eigenvalue weighted by Crippen LogP contribution is -2.24. The van der Waals surface area contributed by atoms with Crippen molar-refractivity contribution in [2.75, 3.05) is 16.8 Å². The maximum atomic E-state index is 12.4. The molecule has 6 heteroatoms. The number of hydrogen-bond donors (Lipinski definition) is 1. The van der Waals surface area contributed by atoms with Gasteiger partial charge in [-0.05, 0) is 42.8 Å². The number of nitrogens with one attached hydrogen (secondary N) is 1. The summed E-state index contributed by atoms with van der Waals surface area (Å²) in [5, 5.41) is 3.65. The fourth-order valence-electron chi connectivity index (χ4n) is 2.57. The van der Waals surface area contributed by atoms with Gasteiger partial charge in [0.25, 0.3) is 5.91 Å². The molecule has 0 aromatic heterocycles. The predicted molar refractivity (Wildman–Crippen MR) is 92.4 cm³/mol. The summed E-state index contributed by atoms with van der Waals surface area (Å²) in [7, 11) is 0. The number of carbonyl (C=O) groups excluding carboxylic acids is 2. The Hall–Kier alpha value is -2.04. The highest BCUT2D eigenvalue weighted by Gasteiger charge is 2.22. The van der Waals surface area contributed by atoms with E-state index in [0.717, 1.165) is 12.1 Å². The lowest BCUT2D eigenvalue weighted by atomic mass is 10.1. The molecule has 3 rings (SSSR count). The number of amides is 2. The zero-order valence-electron chi connectivity index (χ0n) is 12.2. The standard InChI is InChI=1S/C17H14Cl2N2O2/c18-12-8-13(19)10-14(9-12)20-17(23)11-3-1-4-15(7-11)21-6-2-5-16(21)22/h1,3-4,7-10H,2,5-6H2,(H,20,23). The van der Waals surface area contributed by atoms with Crippen LogP contribution in [0.4, 0.5) is 11.4 Å². The number of carbonyl (C=O) groups is 2. The predicted octanol–water partition coefficient (Wildman–Crippen LogP) is 4.37. The third-order valence-corrected chi connectivity index (χ3v) is 4.05. The van der Waals surface area contributed by atoms with E-state index in [1.807, 2.05) is 6.07 Å². The number of halogens is 2. The minimum Gasteiger partial charge on any atom is -0.322 e. The summed E-state index contributed by atoms with van der Waals surface area (Å²) in [6.45, 7) is 0.688. The first kappa shape index (κ1) is 15.8. The van der Waals surface area contributed by atoms with E-state index >= 15 is 0 Å². The number of anilines is 2. The van der Waals surface area contributed by atoms with Crippen LogP contribution in [0.2, 0.25) is 10.0 Å². The van der Waals surface area contributed by atoms with Crippen LogP contribution in [0.25, 0.3) is 0 Å². The van der Waals surface area contributed by atoms with E-state index in [2.05, 4.69) is 5.32 Å². The first-order valence-electron chi connectivity index (χ1n) is 7.21. The second kappa shape index (κ2) is 6.60. The fraction of sp³-hybridized carbons (Fsp3) is 0.176. The molecule has 0 bridgehead atoms. The highest BCUT2D eigenvalue weighted by Crippen LogP contribution is 2.25. The van der Waals surface area contributed by atoms with Gasteiger partial charge in [0.15, 0.2) is 0 Å². The van der Waals surface area contributed by atoms with Gasteiger partial charge in [0.1, 0.15) is 0 Å². The molecular formula is C17H14Cl2N2O2. The average Bonchev–Trinajstić information content (AvgIpc) is 2.92. The molecule has 0 unspecified atom stereocenters. The number of nitrogens with zero attached hydrogens (tertiary/aromatic N) is 1. The topological polar surface area (TPSA) is 49.4 Å². The Labute approximate surface area is 144 Å². The Morgan fingerprint density at radius 2 is 1.83 bits per heavy atom. The van der Waals surface area contributed by atoms with Crippen LogP contribution >= 0.6 is 23.2 Å². The quantitative estimate of drug-likeness (QED) is 0.894. The van der Waals surface area contributed by atoms with E-state index in [-0.39, 0.29) is 11.8 Å². The zero-order chi connectivity index (χ0) is 16.4. The van der Waals surface area contributed by atoms with Crippen molar-refractivity contribution >= 4 is 46.4 Å². The molecule has 2 amide bonds. The van der Waals surface area contributed by atoms with Crippen molar-refractivity contribution < 1.29 is 9.59 Å². The molecule has 118 valence electrons. The Bertz CT molecular complexity index is 757. The molecule has 1 aliphatic rings. The molecule has 1 saturated heterocycles. The summed E-state index contributed by atoms with van der Waals surface area (Å²) in [5.74, 6) is -0.194. The van der Waals surface area contributed by atoms with Gasteiger partial charge in [-0.2, -0.15) is 0 Å². The van der Waals surface area contributed by atoms with E-state index in [4.69, 9.17) is 23.2 Å². The largest absolute Gasteiger partial charge is 0.322 e. The molecule has 0 aliphatic carbocycles. The maximum Gasteiger partial charge on any atom is 0.255 e. The fourth-order valence-corrected chi connectivity index (χ4v) is 3.09. The Kier molecular flexibility index (Phi) is 4.55. The van der Waals surface area contributed by atoms with Crippen molar-refractivity contribution in [1.29, 1.82) is 0 Å². The highest BCUT2D eigenvalue weighted by molar-refractivity contribution is 6.35. The van der Waals surface area contributed by atoms with Crippen LogP contribution in [0, 0.1) is 0 Å². The van der Waals surface area contributed by atoms with Gasteiger partial charge in [-0.15, -0.1) is 0 Å². The van der Waals surface area contributed by atoms with Crippen molar-refractivity contribution in [3.8, 4) is 0 Å².